The monoisotopic (exact) mass is 341 g/mol. The molecule has 5 heteroatoms. The Morgan fingerprint density at radius 3 is 2.08 bits per heavy atom. The fraction of sp³-hybridized carbons (Fsp3) is 0.105. The number of nitrogens with zero attached hydrogens (tertiary/aromatic N) is 1. The molecule has 0 fully saturated rings. The molecule has 0 N–H and O–H groups in total. The smallest absolute Gasteiger partial charge is 0.213 e. The van der Waals surface area contributed by atoms with Crippen LogP contribution in [0.2, 0.25) is 5.02 Å². The minimum Gasteiger partial charge on any atom is -0.490 e. The van der Waals surface area contributed by atoms with Gasteiger partial charge in [-0.15, -0.1) is 0 Å². The summed E-state index contributed by atoms with van der Waals surface area (Å²) in [6, 6.07) is 20.5. The van der Waals surface area contributed by atoms with E-state index in [9.17, 15) is 0 Å². The summed E-state index contributed by atoms with van der Waals surface area (Å²) < 4.78 is 16.8. The van der Waals surface area contributed by atoms with E-state index >= 15 is 0 Å². The van der Waals surface area contributed by atoms with Gasteiger partial charge in [-0.2, -0.15) is 0 Å². The molecule has 0 atom stereocenters. The zero-order valence-electron chi connectivity index (χ0n) is 12.9. The molecule has 0 unspecified atom stereocenters. The Morgan fingerprint density at radius 2 is 1.38 bits per heavy atom. The van der Waals surface area contributed by atoms with Gasteiger partial charge in [0, 0.05) is 12.3 Å². The molecule has 1 heterocycles. The molecule has 0 amide bonds. The van der Waals surface area contributed by atoms with Gasteiger partial charge in [0.15, 0.2) is 0 Å². The molecule has 0 spiro atoms. The summed E-state index contributed by atoms with van der Waals surface area (Å²) in [7, 11) is 0. The van der Waals surface area contributed by atoms with E-state index in [0.717, 1.165) is 17.2 Å². The summed E-state index contributed by atoms with van der Waals surface area (Å²) in [6.07, 6.45) is 1.54. The molecular weight excluding hydrogens is 326 g/mol. The molecule has 0 saturated heterocycles. The van der Waals surface area contributed by atoms with E-state index in [-0.39, 0.29) is 0 Å². The maximum Gasteiger partial charge on any atom is 0.213 e. The third-order valence-corrected chi connectivity index (χ3v) is 3.33. The number of aromatic nitrogens is 1. The van der Waals surface area contributed by atoms with Gasteiger partial charge in [0.2, 0.25) is 5.88 Å². The second-order valence-corrected chi connectivity index (χ2v) is 5.33. The SMILES string of the molecule is Clc1ccc(OCCOc2ccc(Oc3ccccc3)cc2)nc1. The average Bonchev–Trinajstić information content (AvgIpc) is 2.62. The lowest BCUT2D eigenvalue weighted by Gasteiger charge is -2.09. The number of hydrogen-bond donors (Lipinski definition) is 0. The number of para-hydroxylation sites is 1. The second-order valence-electron chi connectivity index (χ2n) is 4.90. The van der Waals surface area contributed by atoms with Crippen LogP contribution in [0.5, 0.6) is 23.1 Å². The first-order valence-corrected chi connectivity index (χ1v) is 7.87. The predicted octanol–water partition coefficient (Wildman–Crippen LogP) is 4.99. The summed E-state index contributed by atoms with van der Waals surface area (Å²) in [6.45, 7) is 0.820. The van der Waals surface area contributed by atoms with E-state index in [1.807, 2.05) is 54.6 Å². The molecule has 3 aromatic rings. The number of pyridine rings is 1. The summed E-state index contributed by atoms with van der Waals surface area (Å²) >= 11 is 5.76. The van der Waals surface area contributed by atoms with Crippen LogP contribution in [0.25, 0.3) is 0 Å². The lowest BCUT2D eigenvalue weighted by Crippen LogP contribution is -2.09. The Morgan fingerprint density at radius 1 is 0.708 bits per heavy atom. The van der Waals surface area contributed by atoms with Gasteiger partial charge in [-0.05, 0) is 42.5 Å². The molecule has 0 saturated carbocycles. The first-order chi connectivity index (χ1) is 11.8. The molecule has 122 valence electrons. The van der Waals surface area contributed by atoms with Crippen molar-refractivity contribution in [1.82, 2.24) is 4.98 Å². The Balaban J connectivity index is 1.43. The quantitative estimate of drug-likeness (QED) is 0.568. The van der Waals surface area contributed by atoms with Crippen molar-refractivity contribution in [2.24, 2.45) is 0 Å². The van der Waals surface area contributed by atoms with Gasteiger partial charge in [0.05, 0.1) is 5.02 Å². The van der Waals surface area contributed by atoms with Crippen molar-refractivity contribution in [3.05, 3.63) is 77.9 Å². The summed E-state index contributed by atoms with van der Waals surface area (Å²) in [5.41, 5.74) is 0. The fourth-order valence-electron chi connectivity index (χ4n) is 1.98. The molecule has 3 rings (SSSR count). The fourth-order valence-corrected chi connectivity index (χ4v) is 2.09. The minimum atomic E-state index is 0.400. The second kappa shape index (κ2) is 8.22. The lowest BCUT2D eigenvalue weighted by atomic mass is 10.3. The van der Waals surface area contributed by atoms with Gasteiger partial charge in [0.1, 0.15) is 30.5 Å². The number of hydrogen-bond acceptors (Lipinski definition) is 4. The summed E-state index contributed by atoms with van der Waals surface area (Å²) in [5.74, 6) is 2.84. The highest BCUT2D eigenvalue weighted by Crippen LogP contribution is 2.23. The maximum atomic E-state index is 5.76. The molecule has 4 nitrogen and oxygen atoms in total. The predicted molar refractivity (Wildman–Crippen MR) is 93.2 cm³/mol. The highest BCUT2D eigenvalue weighted by Gasteiger charge is 1.99. The van der Waals surface area contributed by atoms with E-state index in [4.69, 9.17) is 25.8 Å². The van der Waals surface area contributed by atoms with Crippen LogP contribution in [0.15, 0.2) is 72.9 Å². The van der Waals surface area contributed by atoms with Crippen LogP contribution in [0.3, 0.4) is 0 Å². The topological polar surface area (TPSA) is 40.6 Å². The molecule has 24 heavy (non-hydrogen) atoms. The minimum absolute atomic E-state index is 0.400. The van der Waals surface area contributed by atoms with E-state index in [1.54, 1.807) is 18.3 Å². The van der Waals surface area contributed by atoms with Crippen molar-refractivity contribution in [2.45, 2.75) is 0 Å². The van der Waals surface area contributed by atoms with Crippen molar-refractivity contribution in [2.75, 3.05) is 13.2 Å². The zero-order chi connectivity index (χ0) is 16.6. The highest BCUT2D eigenvalue weighted by molar-refractivity contribution is 6.30. The van der Waals surface area contributed by atoms with Crippen molar-refractivity contribution in [3.63, 3.8) is 0 Å². The number of halogens is 1. The first kappa shape index (κ1) is 16.1. The maximum absolute atomic E-state index is 5.76. The molecular formula is C19H16ClNO3. The van der Waals surface area contributed by atoms with E-state index < -0.39 is 0 Å². The molecule has 1 aromatic heterocycles. The third-order valence-electron chi connectivity index (χ3n) is 3.10. The van der Waals surface area contributed by atoms with Crippen LogP contribution in [0, 0.1) is 0 Å². The molecule has 0 aliphatic rings. The first-order valence-electron chi connectivity index (χ1n) is 7.50. The lowest BCUT2D eigenvalue weighted by molar-refractivity contribution is 0.212. The van der Waals surface area contributed by atoms with Gasteiger partial charge >= 0.3 is 0 Å². The van der Waals surface area contributed by atoms with E-state index in [1.165, 1.54) is 0 Å². The van der Waals surface area contributed by atoms with Crippen molar-refractivity contribution >= 4 is 11.6 Å². The Kier molecular flexibility index (Phi) is 5.53. The number of benzene rings is 2. The van der Waals surface area contributed by atoms with Crippen molar-refractivity contribution in [3.8, 4) is 23.1 Å². The molecule has 0 aliphatic carbocycles. The summed E-state index contributed by atoms with van der Waals surface area (Å²) in [4.78, 5) is 4.05. The average molecular weight is 342 g/mol. The highest BCUT2D eigenvalue weighted by atomic mass is 35.5. The van der Waals surface area contributed by atoms with Crippen LogP contribution < -0.4 is 14.2 Å². The molecule has 0 radical (unpaired) electrons. The normalized spacial score (nSPS) is 10.2. The van der Waals surface area contributed by atoms with E-state index in [0.29, 0.717) is 24.1 Å². The Bertz CT molecular complexity index is 746. The van der Waals surface area contributed by atoms with Gasteiger partial charge in [-0.3, -0.25) is 0 Å². The van der Waals surface area contributed by atoms with Crippen LogP contribution in [-0.4, -0.2) is 18.2 Å². The van der Waals surface area contributed by atoms with E-state index in [2.05, 4.69) is 4.98 Å². The van der Waals surface area contributed by atoms with Gasteiger partial charge in [-0.1, -0.05) is 29.8 Å². The van der Waals surface area contributed by atoms with Crippen LogP contribution in [0.4, 0.5) is 0 Å². The Hall–Kier alpha value is -2.72. The largest absolute Gasteiger partial charge is 0.490 e. The number of ether oxygens (including phenoxy) is 3. The molecule has 0 aliphatic heterocycles. The van der Waals surface area contributed by atoms with Crippen LogP contribution >= 0.6 is 11.6 Å². The summed E-state index contributed by atoms with van der Waals surface area (Å²) in [5, 5.41) is 0.580. The molecule has 2 aromatic carbocycles. The zero-order valence-corrected chi connectivity index (χ0v) is 13.6. The van der Waals surface area contributed by atoms with Crippen LogP contribution in [0.1, 0.15) is 0 Å². The molecule has 0 bridgehead atoms. The van der Waals surface area contributed by atoms with Crippen molar-refractivity contribution in [1.29, 1.82) is 0 Å². The Labute approximate surface area is 145 Å². The standard InChI is InChI=1S/C19H16ClNO3/c20-15-6-11-19(21-14-15)23-13-12-22-16-7-9-18(10-8-16)24-17-4-2-1-3-5-17/h1-11,14H,12-13H2. The van der Waals surface area contributed by atoms with Crippen LogP contribution in [-0.2, 0) is 0 Å². The van der Waals surface area contributed by atoms with Gasteiger partial charge in [-0.25, -0.2) is 4.98 Å². The van der Waals surface area contributed by atoms with Gasteiger partial charge < -0.3 is 14.2 Å². The van der Waals surface area contributed by atoms with Gasteiger partial charge in [0.25, 0.3) is 0 Å². The van der Waals surface area contributed by atoms with Crippen molar-refractivity contribution < 1.29 is 14.2 Å². The number of rotatable bonds is 7. The third kappa shape index (κ3) is 4.89.